The summed E-state index contributed by atoms with van der Waals surface area (Å²) in [7, 11) is 0. The van der Waals surface area contributed by atoms with Gasteiger partial charge >= 0.3 is 6.03 Å². The molecule has 1 aliphatic heterocycles. The highest BCUT2D eigenvalue weighted by atomic mass is 32.2. The van der Waals surface area contributed by atoms with E-state index in [0.717, 1.165) is 22.2 Å². The summed E-state index contributed by atoms with van der Waals surface area (Å²) in [4.78, 5) is 18.6. The van der Waals surface area contributed by atoms with Crippen LogP contribution >= 0.6 is 11.8 Å². The predicted octanol–water partition coefficient (Wildman–Crippen LogP) is 3.84. The van der Waals surface area contributed by atoms with Crippen molar-refractivity contribution in [3.8, 4) is 0 Å². The number of amides is 2. The van der Waals surface area contributed by atoms with Crippen LogP contribution < -0.4 is 10.2 Å². The van der Waals surface area contributed by atoms with Crippen LogP contribution in [0.3, 0.4) is 0 Å². The molecule has 2 heterocycles. The standard InChI is InChI=1S/C16H17N3OS/c1-11-5-6-13(10-12(11)2)18-16(20)19-8-9-21-15-14(19)4-3-7-17-15/h3-7,10H,8-9H2,1-2H3,(H,18,20). The zero-order valence-corrected chi connectivity index (χ0v) is 12.9. The minimum Gasteiger partial charge on any atom is -0.308 e. The Morgan fingerprint density at radius 2 is 2.14 bits per heavy atom. The lowest BCUT2D eigenvalue weighted by atomic mass is 10.1. The van der Waals surface area contributed by atoms with Crippen molar-refractivity contribution >= 4 is 29.2 Å². The van der Waals surface area contributed by atoms with Crippen LogP contribution in [0.25, 0.3) is 0 Å². The largest absolute Gasteiger partial charge is 0.326 e. The van der Waals surface area contributed by atoms with Gasteiger partial charge in [0.05, 0.1) is 5.69 Å². The van der Waals surface area contributed by atoms with Gasteiger partial charge in [0.1, 0.15) is 5.03 Å². The topological polar surface area (TPSA) is 45.2 Å². The summed E-state index contributed by atoms with van der Waals surface area (Å²) in [6.07, 6.45) is 1.76. The van der Waals surface area contributed by atoms with E-state index in [-0.39, 0.29) is 6.03 Å². The molecule has 0 saturated heterocycles. The van der Waals surface area contributed by atoms with Crippen molar-refractivity contribution in [3.63, 3.8) is 0 Å². The van der Waals surface area contributed by atoms with E-state index in [0.29, 0.717) is 6.54 Å². The van der Waals surface area contributed by atoms with Gasteiger partial charge in [-0.2, -0.15) is 0 Å². The van der Waals surface area contributed by atoms with Gasteiger partial charge in [-0.15, -0.1) is 11.8 Å². The van der Waals surface area contributed by atoms with Gasteiger partial charge in [0.15, 0.2) is 0 Å². The number of anilines is 2. The van der Waals surface area contributed by atoms with E-state index in [9.17, 15) is 4.79 Å². The second-order valence-electron chi connectivity index (χ2n) is 5.06. The summed E-state index contributed by atoms with van der Waals surface area (Å²) < 4.78 is 0. The Balaban J connectivity index is 1.81. The van der Waals surface area contributed by atoms with Gasteiger partial charge in [0, 0.05) is 24.2 Å². The van der Waals surface area contributed by atoms with Crippen molar-refractivity contribution in [3.05, 3.63) is 47.7 Å². The zero-order valence-electron chi connectivity index (χ0n) is 12.1. The third-order valence-corrected chi connectivity index (χ3v) is 4.57. The Labute approximate surface area is 128 Å². The van der Waals surface area contributed by atoms with E-state index in [1.807, 2.05) is 37.3 Å². The van der Waals surface area contributed by atoms with Gasteiger partial charge < -0.3 is 5.32 Å². The lowest BCUT2D eigenvalue weighted by molar-refractivity contribution is 0.257. The van der Waals surface area contributed by atoms with E-state index in [4.69, 9.17) is 0 Å². The fraction of sp³-hybridized carbons (Fsp3) is 0.250. The van der Waals surface area contributed by atoms with Gasteiger partial charge in [-0.3, -0.25) is 4.90 Å². The highest BCUT2D eigenvalue weighted by Crippen LogP contribution is 2.32. The van der Waals surface area contributed by atoms with Crippen molar-refractivity contribution in [2.75, 3.05) is 22.5 Å². The van der Waals surface area contributed by atoms with Crippen LogP contribution in [0.2, 0.25) is 0 Å². The molecular formula is C16H17N3OS. The molecule has 3 rings (SSSR count). The number of urea groups is 1. The molecule has 0 bridgehead atoms. The molecule has 0 radical (unpaired) electrons. The van der Waals surface area contributed by atoms with Crippen molar-refractivity contribution in [2.45, 2.75) is 18.9 Å². The summed E-state index contributed by atoms with van der Waals surface area (Å²) in [5.74, 6) is 0.865. The Bertz CT molecular complexity index is 687. The Morgan fingerprint density at radius 1 is 1.29 bits per heavy atom. The van der Waals surface area contributed by atoms with Gasteiger partial charge in [-0.25, -0.2) is 9.78 Å². The first-order valence-electron chi connectivity index (χ1n) is 6.89. The molecule has 1 N–H and O–H groups in total. The number of nitrogens with zero attached hydrogens (tertiary/aromatic N) is 2. The van der Waals surface area contributed by atoms with E-state index >= 15 is 0 Å². The molecule has 5 heteroatoms. The second kappa shape index (κ2) is 5.77. The average molecular weight is 299 g/mol. The van der Waals surface area contributed by atoms with Crippen LogP contribution in [0.1, 0.15) is 11.1 Å². The molecule has 4 nitrogen and oxygen atoms in total. The molecule has 1 aromatic carbocycles. The van der Waals surface area contributed by atoms with Crippen LogP contribution in [-0.2, 0) is 0 Å². The lowest BCUT2D eigenvalue weighted by Crippen LogP contribution is -2.38. The lowest BCUT2D eigenvalue weighted by Gasteiger charge is -2.28. The third-order valence-electron chi connectivity index (χ3n) is 3.60. The summed E-state index contributed by atoms with van der Waals surface area (Å²) in [6, 6.07) is 9.65. The molecule has 0 saturated carbocycles. The molecule has 2 amide bonds. The second-order valence-corrected chi connectivity index (χ2v) is 6.14. The first-order chi connectivity index (χ1) is 10.1. The molecule has 0 unspecified atom stereocenters. The van der Waals surface area contributed by atoms with Crippen molar-refractivity contribution in [1.82, 2.24) is 4.98 Å². The number of benzene rings is 1. The maximum atomic E-state index is 12.5. The molecule has 1 aliphatic rings. The van der Waals surface area contributed by atoms with Gasteiger partial charge in [0.25, 0.3) is 0 Å². The van der Waals surface area contributed by atoms with Crippen molar-refractivity contribution in [1.29, 1.82) is 0 Å². The van der Waals surface area contributed by atoms with Crippen molar-refractivity contribution in [2.24, 2.45) is 0 Å². The monoisotopic (exact) mass is 299 g/mol. The maximum Gasteiger partial charge on any atom is 0.326 e. The number of hydrogen-bond donors (Lipinski definition) is 1. The fourth-order valence-electron chi connectivity index (χ4n) is 2.27. The minimum absolute atomic E-state index is 0.104. The predicted molar refractivity (Wildman–Crippen MR) is 87.2 cm³/mol. The van der Waals surface area contributed by atoms with Crippen LogP contribution in [0.4, 0.5) is 16.2 Å². The highest BCUT2D eigenvalue weighted by Gasteiger charge is 2.23. The minimum atomic E-state index is -0.104. The molecule has 2 aromatic rings. The van der Waals surface area contributed by atoms with Crippen LogP contribution in [-0.4, -0.2) is 23.3 Å². The van der Waals surface area contributed by atoms with E-state index in [2.05, 4.69) is 17.2 Å². The summed E-state index contributed by atoms with van der Waals surface area (Å²) >= 11 is 1.69. The zero-order chi connectivity index (χ0) is 14.8. The number of carbonyl (C=O) groups excluding carboxylic acids is 1. The van der Waals surface area contributed by atoms with Gasteiger partial charge in [0.2, 0.25) is 0 Å². The Morgan fingerprint density at radius 3 is 2.95 bits per heavy atom. The SMILES string of the molecule is Cc1ccc(NC(=O)N2CCSc3ncccc32)cc1C. The molecule has 0 atom stereocenters. The number of fused-ring (bicyclic) bond motifs is 1. The molecule has 0 aliphatic carbocycles. The van der Waals surface area contributed by atoms with E-state index in [1.54, 1.807) is 22.9 Å². The summed E-state index contributed by atoms with van der Waals surface area (Å²) in [5.41, 5.74) is 4.10. The first kappa shape index (κ1) is 13.9. The maximum absolute atomic E-state index is 12.5. The first-order valence-corrected chi connectivity index (χ1v) is 7.87. The van der Waals surface area contributed by atoms with Gasteiger partial charge in [-0.1, -0.05) is 6.07 Å². The number of thioether (sulfide) groups is 1. The number of hydrogen-bond acceptors (Lipinski definition) is 3. The summed E-state index contributed by atoms with van der Waals surface area (Å²) in [6.45, 7) is 4.80. The molecular weight excluding hydrogens is 282 g/mol. The molecule has 1 aromatic heterocycles. The summed E-state index contributed by atoms with van der Waals surface area (Å²) in [5, 5.41) is 3.89. The number of carbonyl (C=O) groups is 1. The highest BCUT2D eigenvalue weighted by molar-refractivity contribution is 7.99. The van der Waals surface area contributed by atoms with E-state index < -0.39 is 0 Å². The smallest absolute Gasteiger partial charge is 0.308 e. The number of rotatable bonds is 1. The normalized spacial score (nSPS) is 13.7. The number of pyridine rings is 1. The molecule has 108 valence electrons. The third kappa shape index (κ3) is 2.88. The molecule has 0 spiro atoms. The van der Waals surface area contributed by atoms with Crippen LogP contribution in [0, 0.1) is 13.8 Å². The molecule has 0 fully saturated rings. The molecule has 21 heavy (non-hydrogen) atoms. The quantitative estimate of drug-likeness (QED) is 0.870. The number of aromatic nitrogens is 1. The van der Waals surface area contributed by atoms with Crippen molar-refractivity contribution < 1.29 is 4.79 Å². The number of nitrogens with one attached hydrogen (secondary N) is 1. The van der Waals surface area contributed by atoms with E-state index in [1.165, 1.54) is 11.1 Å². The number of aryl methyl sites for hydroxylation is 2. The van der Waals surface area contributed by atoms with Gasteiger partial charge in [-0.05, 0) is 49.2 Å². The average Bonchev–Trinajstić information content (AvgIpc) is 2.50. The Kier molecular flexibility index (Phi) is 3.84. The fourth-order valence-corrected chi connectivity index (χ4v) is 3.20. The van der Waals surface area contributed by atoms with Crippen LogP contribution in [0.15, 0.2) is 41.6 Å². The Hall–Kier alpha value is -2.01. The van der Waals surface area contributed by atoms with Crippen LogP contribution in [0.5, 0.6) is 0 Å².